The minimum Gasteiger partial charge on any atom is -0.508 e. The number of hydrogen-bond acceptors (Lipinski definition) is 4. The van der Waals surface area contributed by atoms with Gasteiger partial charge in [0.15, 0.2) is 0 Å². The third-order valence-corrected chi connectivity index (χ3v) is 8.39. The molecule has 2 aliphatic carbocycles. The van der Waals surface area contributed by atoms with E-state index in [1.165, 1.54) is 22.3 Å². The van der Waals surface area contributed by atoms with Crippen LogP contribution in [0.25, 0.3) is 6.08 Å². The van der Waals surface area contributed by atoms with E-state index in [4.69, 9.17) is 16.3 Å². The van der Waals surface area contributed by atoms with Crippen LogP contribution in [0.15, 0.2) is 48.5 Å². The third kappa shape index (κ3) is 5.29. The number of morpholine rings is 1. The zero-order valence-corrected chi connectivity index (χ0v) is 20.9. The van der Waals surface area contributed by atoms with E-state index in [-0.39, 0.29) is 5.41 Å². The molecule has 184 valence electrons. The number of ether oxygens (including phenoxy) is 1. The fourth-order valence-electron chi connectivity index (χ4n) is 6.41. The summed E-state index contributed by atoms with van der Waals surface area (Å²) < 4.78 is 5.45. The Morgan fingerprint density at radius 2 is 1.91 bits per heavy atom. The van der Waals surface area contributed by atoms with E-state index in [1.807, 2.05) is 6.07 Å². The van der Waals surface area contributed by atoms with Gasteiger partial charge in [0.2, 0.25) is 0 Å². The van der Waals surface area contributed by atoms with Crippen LogP contribution in [0.2, 0.25) is 0 Å². The Labute approximate surface area is 213 Å². The molecule has 5 heteroatoms. The van der Waals surface area contributed by atoms with Crippen molar-refractivity contribution in [1.29, 1.82) is 0 Å². The summed E-state index contributed by atoms with van der Waals surface area (Å²) in [6.45, 7) is 4.60. The highest BCUT2D eigenvalue weighted by molar-refractivity contribution is 6.30. The molecule has 35 heavy (non-hydrogen) atoms. The van der Waals surface area contributed by atoms with Crippen LogP contribution in [0.1, 0.15) is 54.4 Å². The maximum atomic E-state index is 11.0. The van der Waals surface area contributed by atoms with Crippen LogP contribution >= 0.6 is 11.6 Å². The molecule has 0 radical (unpaired) electrons. The smallest absolute Gasteiger partial charge is 0.127 e. The summed E-state index contributed by atoms with van der Waals surface area (Å²) in [7, 11) is 0. The van der Waals surface area contributed by atoms with Gasteiger partial charge in [0.1, 0.15) is 11.4 Å². The third-order valence-electron chi connectivity index (χ3n) is 8.30. The molecule has 0 bridgehead atoms. The lowest BCUT2D eigenvalue weighted by molar-refractivity contribution is -0.00710. The number of allylic oxidation sites excluding steroid dienone is 1. The number of aliphatic hydroxyl groups is 1. The van der Waals surface area contributed by atoms with Crippen molar-refractivity contribution in [3.05, 3.63) is 70.8 Å². The van der Waals surface area contributed by atoms with Crippen molar-refractivity contribution in [1.82, 2.24) is 4.90 Å². The van der Waals surface area contributed by atoms with Crippen molar-refractivity contribution >= 4 is 17.7 Å². The molecule has 2 aromatic carbocycles. The number of phenols is 1. The van der Waals surface area contributed by atoms with E-state index < -0.39 is 5.60 Å². The zero-order valence-electron chi connectivity index (χ0n) is 20.2. The Balaban J connectivity index is 1.34. The van der Waals surface area contributed by atoms with Gasteiger partial charge >= 0.3 is 0 Å². The number of halogens is 1. The average Bonchev–Trinajstić information content (AvgIpc) is 2.86. The first-order valence-corrected chi connectivity index (χ1v) is 13.1. The largest absolute Gasteiger partial charge is 0.508 e. The van der Waals surface area contributed by atoms with E-state index in [0.717, 1.165) is 58.5 Å². The summed E-state index contributed by atoms with van der Waals surface area (Å²) in [5.74, 6) is 3.50. The van der Waals surface area contributed by atoms with Crippen LogP contribution in [0.5, 0.6) is 5.75 Å². The highest BCUT2D eigenvalue weighted by Crippen LogP contribution is 2.55. The topological polar surface area (TPSA) is 52.9 Å². The first kappa shape index (κ1) is 24.4. The number of fused-ring (bicyclic) bond motifs is 3. The fourth-order valence-corrected chi connectivity index (χ4v) is 6.59. The second-order valence-corrected chi connectivity index (χ2v) is 10.6. The Morgan fingerprint density at radius 1 is 1.11 bits per heavy atom. The average molecular weight is 492 g/mol. The number of aromatic hydroxyl groups is 1. The van der Waals surface area contributed by atoms with Gasteiger partial charge in [-0.15, -0.1) is 0 Å². The summed E-state index contributed by atoms with van der Waals surface area (Å²) in [5, 5.41) is 23.5. The molecule has 4 nitrogen and oxygen atoms in total. The predicted molar refractivity (Wildman–Crippen MR) is 140 cm³/mol. The number of aryl methyl sites for hydroxylation is 1. The lowest BCUT2D eigenvalue weighted by Gasteiger charge is -2.52. The van der Waals surface area contributed by atoms with Gasteiger partial charge in [0.05, 0.1) is 13.2 Å². The zero-order chi connectivity index (χ0) is 24.3. The van der Waals surface area contributed by atoms with Gasteiger partial charge in [-0.25, -0.2) is 0 Å². The highest BCUT2D eigenvalue weighted by Gasteiger charge is 2.50. The molecule has 3 atom stereocenters. The summed E-state index contributed by atoms with van der Waals surface area (Å²) >= 11 is 5.68. The van der Waals surface area contributed by atoms with Gasteiger partial charge < -0.3 is 14.9 Å². The minimum absolute atomic E-state index is 0.0612. The van der Waals surface area contributed by atoms with Gasteiger partial charge in [-0.1, -0.05) is 48.4 Å². The van der Waals surface area contributed by atoms with Crippen LogP contribution in [0.4, 0.5) is 0 Å². The summed E-state index contributed by atoms with van der Waals surface area (Å²) in [5.41, 5.74) is 4.01. The fraction of sp³-hybridized carbons (Fsp3) is 0.467. The lowest BCUT2D eigenvalue weighted by atomic mass is 9.53. The Kier molecular flexibility index (Phi) is 7.23. The molecule has 1 saturated carbocycles. The van der Waals surface area contributed by atoms with Crippen LogP contribution in [-0.2, 0) is 23.1 Å². The Bertz CT molecular complexity index is 1130. The maximum Gasteiger partial charge on any atom is 0.127 e. The van der Waals surface area contributed by atoms with E-state index in [2.05, 4.69) is 58.7 Å². The SMILES string of the molecule is Oc1ccc2c(c1)CC[C@@H]1C[C@@](O)(C#CCl)CC[C@@]21CC=Cc1ccc(CN2CCOCC2)cc1. The van der Waals surface area contributed by atoms with Crippen LogP contribution in [0.3, 0.4) is 0 Å². The lowest BCUT2D eigenvalue weighted by Crippen LogP contribution is -2.49. The van der Waals surface area contributed by atoms with Crippen molar-refractivity contribution in [2.75, 3.05) is 26.3 Å². The number of nitrogens with zero attached hydrogens (tertiary/aromatic N) is 1. The molecule has 0 aromatic heterocycles. The molecule has 1 heterocycles. The molecule has 1 aliphatic heterocycles. The minimum atomic E-state index is -1.01. The number of rotatable bonds is 5. The molecule has 5 rings (SSSR count). The predicted octanol–water partition coefficient (Wildman–Crippen LogP) is 5.24. The van der Waals surface area contributed by atoms with E-state index in [0.29, 0.717) is 24.5 Å². The van der Waals surface area contributed by atoms with Crippen molar-refractivity contribution in [3.8, 4) is 17.0 Å². The molecule has 2 fully saturated rings. The van der Waals surface area contributed by atoms with Crippen LogP contribution < -0.4 is 0 Å². The van der Waals surface area contributed by atoms with Crippen LogP contribution in [-0.4, -0.2) is 47.0 Å². The van der Waals surface area contributed by atoms with E-state index in [9.17, 15) is 10.2 Å². The second-order valence-electron chi connectivity index (χ2n) is 10.4. The van der Waals surface area contributed by atoms with Crippen molar-refractivity contribution < 1.29 is 14.9 Å². The second kappa shape index (κ2) is 10.4. The molecular formula is C30H34ClNO3. The van der Waals surface area contributed by atoms with Crippen molar-refractivity contribution in [2.24, 2.45) is 5.92 Å². The van der Waals surface area contributed by atoms with Gasteiger partial charge in [-0.3, -0.25) is 4.90 Å². The molecule has 3 aliphatic rings. The monoisotopic (exact) mass is 491 g/mol. The first-order chi connectivity index (χ1) is 17.0. The highest BCUT2D eigenvalue weighted by atomic mass is 35.5. The van der Waals surface area contributed by atoms with E-state index >= 15 is 0 Å². The van der Waals surface area contributed by atoms with E-state index in [1.54, 1.807) is 6.07 Å². The normalized spacial score (nSPS) is 28.7. The molecule has 1 saturated heterocycles. The molecular weight excluding hydrogens is 458 g/mol. The van der Waals surface area contributed by atoms with Crippen molar-refractivity contribution in [3.63, 3.8) is 0 Å². The van der Waals surface area contributed by atoms with Gasteiger partial charge in [0.25, 0.3) is 0 Å². The molecule has 0 spiro atoms. The molecule has 0 unspecified atom stereocenters. The van der Waals surface area contributed by atoms with Crippen molar-refractivity contribution in [2.45, 2.75) is 56.1 Å². The molecule has 0 amide bonds. The standard InChI is InChI=1S/C30H34ClNO3/c31-15-14-29(34)12-13-30(26(21-29)8-7-25-20-27(33)9-10-28(25)30)11-1-2-23-3-5-24(6-4-23)22-32-16-18-35-19-17-32/h1-6,9-10,20,26,33-34H,7-8,11-13,16-19,21-22H2/t26-,29+,30-/m1/s1. The molecule has 2 N–H and O–H groups in total. The first-order valence-electron chi connectivity index (χ1n) is 12.7. The van der Waals surface area contributed by atoms with Gasteiger partial charge in [-0.2, -0.15) is 0 Å². The summed E-state index contributed by atoms with van der Waals surface area (Å²) in [4.78, 5) is 2.44. The molecule has 2 aromatic rings. The van der Waals surface area contributed by atoms with Gasteiger partial charge in [0, 0.05) is 30.4 Å². The number of hydrogen-bond donors (Lipinski definition) is 2. The van der Waals surface area contributed by atoms with Crippen LogP contribution in [0, 0.1) is 17.2 Å². The Hall–Kier alpha value is -2.29. The quantitative estimate of drug-likeness (QED) is 0.561. The summed E-state index contributed by atoms with van der Waals surface area (Å²) in [6, 6.07) is 14.7. The maximum absolute atomic E-state index is 11.0. The summed E-state index contributed by atoms with van der Waals surface area (Å²) in [6.07, 6.45) is 9.39. The number of phenolic OH excluding ortho intramolecular Hbond substituents is 1. The Morgan fingerprint density at radius 3 is 2.69 bits per heavy atom. The van der Waals surface area contributed by atoms with Gasteiger partial charge in [-0.05, 0) is 90.4 Å². The number of benzene rings is 2.